The first-order valence-electron chi connectivity index (χ1n) is 3.35. The fourth-order valence-electron chi connectivity index (χ4n) is 0.809. The summed E-state index contributed by atoms with van der Waals surface area (Å²) >= 11 is 3.17. The second kappa shape index (κ2) is 4.07. The van der Waals surface area contributed by atoms with Crippen molar-refractivity contribution in [2.45, 2.75) is 0 Å². The van der Waals surface area contributed by atoms with Gasteiger partial charge in [0, 0.05) is 5.56 Å². The standard InChI is InChI=1S/C9H7BrO2/c10-8-5-1-3-7(9(8)12)4-2-6-11/h1-6,12H. The molecule has 1 N–H and O–H groups in total. The highest BCUT2D eigenvalue weighted by Crippen LogP contribution is 2.27. The van der Waals surface area contributed by atoms with Crippen molar-refractivity contribution in [3.8, 4) is 5.75 Å². The van der Waals surface area contributed by atoms with Crippen LogP contribution in [0, 0.1) is 0 Å². The Bertz CT molecular complexity index is 318. The summed E-state index contributed by atoms with van der Waals surface area (Å²) in [6.07, 6.45) is 3.55. The first kappa shape index (κ1) is 9.00. The van der Waals surface area contributed by atoms with Crippen LogP contribution in [0.25, 0.3) is 6.08 Å². The lowest BCUT2D eigenvalue weighted by atomic mass is 10.2. The van der Waals surface area contributed by atoms with Crippen molar-refractivity contribution < 1.29 is 9.90 Å². The molecule has 1 rings (SSSR count). The van der Waals surface area contributed by atoms with Crippen LogP contribution in [0.2, 0.25) is 0 Å². The number of benzene rings is 1. The normalized spacial score (nSPS) is 10.4. The minimum atomic E-state index is 0.149. The number of aromatic hydroxyl groups is 1. The number of carbonyl (C=O) groups excluding carboxylic acids is 1. The highest BCUT2D eigenvalue weighted by molar-refractivity contribution is 9.10. The SMILES string of the molecule is O=CC=Cc1cccc(Br)c1O. The second-order valence-corrected chi connectivity index (χ2v) is 3.03. The van der Waals surface area contributed by atoms with Crippen LogP contribution in [-0.2, 0) is 4.79 Å². The van der Waals surface area contributed by atoms with Crippen LogP contribution in [-0.4, -0.2) is 11.4 Å². The zero-order valence-corrected chi connectivity index (χ0v) is 7.78. The van der Waals surface area contributed by atoms with E-state index in [1.54, 1.807) is 24.3 Å². The smallest absolute Gasteiger partial charge is 0.142 e. The molecule has 1 aromatic rings. The van der Waals surface area contributed by atoms with Gasteiger partial charge < -0.3 is 5.11 Å². The van der Waals surface area contributed by atoms with Gasteiger partial charge in [0.15, 0.2) is 0 Å². The number of halogens is 1. The van der Waals surface area contributed by atoms with E-state index in [0.717, 1.165) is 0 Å². The van der Waals surface area contributed by atoms with Gasteiger partial charge in [0.25, 0.3) is 0 Å². The quantitative estimate of drug-likeness (QED) is 0.622. The fourth-order valence-corrected chi connectivity index (χ4v) is 1.19. The third kappa shape index (κ3) is 1.95. The first-order chi connectivity index (χ1) is 5.75. The van der Waals surface area contributed by atoms with Crippen LogP contribution in [0.5, 0.6) is 5.75 Å². The molecule has 0 bridgehead atoms. The number of carbonyl (C=O) groups is 1. The Hall–Kier alpha value is -1.09. The summed E-state index contributed by atoms with van der Waals surface area (Å²) in [6.45, 7) is 0. The van der Waals surface area contributed by atoms with E-state index in [9.17, 15) is 9.90 Å². The van der Waals surface area contributed by atoms with Gasteiger partial charge in [0.05, 0.1) is 4.47 Å². The molecule has 2 nitrogen and oxygen atoms in total. The molecule has 0 aliphatic carbocycles. The number of aldehydes is 1. The zero-order valence-electron chi connectivity index (χ0n) is 6.20. The van der Waals surface area contributed by atoms with Crippen LogP contribution < -0.4 is 0 Å². The molecular weight excluding hydrogens is 220 g/mol. The van der Waals surface area contributed by atoms with Crippen molar-refractivity contribution in [3.05, 3.63) is 34.3 Å². The Labute approximate surface area is 78.7 Å². The summed E-state index contributed by atoms with van der Waals surface area (Å²) in [4.78, 5) is 9.99. The van der Waals surface area contributed by atoms with Gasteiger partial charge in [-0.1, -0.05) is 12.1 Å². The lowest BCUT2D eigenvalue weighted by Gasteiger charge is -1.99. The molecule has 0 unspecified atom stereocenters. The van der Waals surface area contributed by atoms with Gasteiger partial charge >= 0.3 is 0 Å². The molecule has 0 saturated heterocycles. The average molecular weight is 227 g/mol. The van der Waals surface area contributed by atoms with Gasteiger partial charge in [0.2, 0.25) is 0 Å². The Morgan fingerprint density at radius 2 is 2.17 bits per heavy atom. The minimum absolute atomic E-state index is 0.149. The number of para-hydroxylation sites is 1. The van der Waals surface area contributed by atoms with E-state index in [2.05, 4.69) is 15.9 Å². The summed E-state index contributed by atoms with van der Waals surface area (Å²) in [5.41, 5.74) is 0.622. The molecule has 0 aliphatic heterocycles. The zero-order chi connectivity index (χ0) is 8.97. The number of phenolic OH excluding ortho intramolecular Hbond substituents is 1. The summed E-state index contributed by atoms with van der Waals surface area (Å²) in [5, 5.41) is 9.41. The molecule has 0 spiro atoms. The van der Waals surface area contributed by atoms with E-state index in [1.165, 1.54) is 6.08 Å². The molecule has 0 atom stereocenters. The molecule has 0 aliphatic rings. The van der Waals surface area contributed by atoms with Crippen LogP contribution >= 0.6 is 15.9 Å². The van der Waals surface area contributed by atoms with E-state index in [-0.39, 0.29) is 5.75 Å². The van der Waals surface area contributed by atoms with Crippen molar-refractivity contribution in [1.29, 1.82) is 0 Å². The average Bonchev–Trinajstić information content (AvgIpc) is 2.08. The molecule has 0 saturated carbocycles. The molecule has 1 aromatic carbocycles. The first-order valence-corrected chi connectivity index (χ1v) is 4.14. The summed E-state index contributed by atoms with van der Waals surface area (Å²) < 4.78 is 0.621. The van der Waals surface area contributed by atoms with E-state index in [0.29, 0.717) is 16.3 Å². The van der Waals surface area contributed by atoms with Crippen molar-refractivity contribution in [2.75, 3.05) is 0 Å². The van der Waals surface area contributed by atoms with Crippen LogP contribution in [0.4, 0.5) is 0 Å². The van der Waals surface area contributed by atoms with E-state index in [1.807, 2.05) is 0 Å². The van der Waals surface area contributed by atoms with Gasteiger partial charge in [-0.15, -0.1) is 0 Å². The number of allylic oxidation sites excluding steroid dienone is 1. The molecule has 62 valence electrons. The molecular formula is C9H7BrO2. The molecule has 12 heavy (non-hydrogen) atoms. The minimum Gasteiger partial charge on any atom is -0.506 e. The summed E-state index contributed by atoms with van der Waals surface area (Å²) in [6, 6.07) is 5.24. The van der Waals surface area contributed by atoms with E-state index < -0.39 is 0 Å². The fraction of sp³-hybridized carbons (Fsp3) is 0. The van der Waals surface area contributed by atoms with Crippen LogP contribution in [0.3, 0.4) is 0 Å². The Balaban J connectivity index is 3.07. The predicted octanol–water partition coefficient (Wildman–Crippen LogP) is 2.37. The van der Waals surface area contributed by atoms with E-state index in [4.69, 9.17) is 0 Å². The topological polar surface area (TPSA) is 37.3 Å². The molecule has 0 fully saturated rings. The number of rotatable bonds is 2. The maximum atomic E-state index is 9.99. The van der Waals surface area contributed by atoms with Crippen molar-refractivity contribution in [1.82, 2.24) is 0 Å². The number of hydrogen-bond acceptors (Lipinski definition) is 2. The highest BCUT2D eigenvalue weighted by Gasteiger charge is 1.99. The monoisotopic (exact) mass is 226 g/mol. The van der Waals surface area contributed by atoms with Gasteiger partial charge in [0.1, 0.15) is 12.0 Å². The van der Waals surface area contributed by atoms with Gasteiger partial charge in [-0.2, -0.15) is 0 Å². The van der Waals surface area contributed by atoms with Gasteiger partial charge in [-0.25, -0.2) is 0 Å². The third-order valence-electron chi connectivity index (χ3n) is 1.37. The largest absolute Gasteiger partial charge is 0.506 e. The highest BCUT2D eigenvalue weighted by atomic mass is 79.9. The molecule has 0 heterocycles. The van der Waals surface area contributed by atoms with Crippen molar-refractivity contribution in [2.24, 2.45) is 0 Å². The predicted molar refractivity (Wildman–Crippen MR) is 50.9 cm³/mol. The third-order valence-corrected chi connectivity index (χ3v) is 2.01. The second-order valence-electron chi connectivity index (χ2n) is 2.17. The molecule has 3 heteroatoms. The Morgan fingerprint density at radius 1 is 1.42 bits per heavy atom. The van der Waals surface area contributed by atoms with Crippen molar-refractivity contribution >= 4 is 28.3 Å². The summed E-state index contributed by atoms with van der Waals surface area (Å²) in [5.74, 6) is 0.149. The number of phenols is 1. The maximum absolute atomic E-state index is 9.99. The maximum Gasteiger partial charge on any atom is 0.142 e. The summed E-state index contributed by atoms with van der Waals surface area (Å²) in [7, 11) is 0. The molecule has 0 aromatic heterocycles. The van der Waals surface area contributed by atoms with Crippen LogP contribution in [0.15, 0.2) is 28.7 Å². The molecule has 0 amide bonds. The Kier molecular flexibility index (Phi) is 3.05. The lowest BCUT2D eigenvalue weighted by molar-refractivity contribution is -0.104. The number of hydrogen-bond donors (Lipinski definition) is 1. The van der Waals surface area contributed by atoms with E-state index >= 15 is 0 Å². The van der Waals surface area contributed by atoms with Crippen molar-refractivity contribution in [3.63, 3.8) is 0 Å². The lowest BCUT2D eigenvalue weighted by Crippen LogP contribution is -1.75. The van der Waals surface area contributed by atoms with Crippen LogP contribution in [0.1, 0.15) is 5.56 Å². The molecule has 0 radical (unpaired) electrons. The van der Waals surface area contributed by atoms with Gasteiger partial charge in [-0.05, 0) is 34.1 Å². The van der Waals surface area contributed by atoms with Gasteiger partial charge in [-0.3, -0.25) is 4.79 Å². The Morgan fingerprint density at radius 3 is 2.83 bits per heavy atom.